The van der Waals surface area contributed by atoms with Gasteiger partial charge in [0.1, 0.15) is 54.8 Å². The normalized spacial score (nSPS) is 25.1. The molecule has 2 aliphatic heterocycles. The van der Waals surface area contributed by atoms with Crippen molar-refractivity contribution in [2.75, 3.05) is 19.8 Å². The lowest BCUT2D eigenvalue weighted by Gasteiger charge is -2.45. The Bertz CT molecular complexity index is 1500. The van der Waals surface area contributed by atoms with Crippen molar-refractivity contribution >= 4 is 25.6 Å². The van der Waals surface area contributed by atoms with E-state index in [1.807, 2.05) is 0 Å². The van der Waals surface area contributed by atoms with Crippen LogP contribution >= 0.6 is 7.82 Å². The minimum atomic E-state index is -5.30. The number of nitrogens with one attached hydrogen (secondary N) is 2. The van der Waals surface area contributed by atoms with Gasteiger partial charge in [0.2, 0.25) is 11.8 Å². The molecule has 0 aromatic heterocycles. The fourth-order valence-corrected chi connectivity index (χ4v) is 10.4. The minimum Gasteiger partial charge on any atom is -0.462 e. The summed E-state index contributed by atoms with van der Waals surface area (Å²) in [6.07, 6.45) is 15.0. The Hall–Kier alpha value is -1.84. The molecule has 2 amide bonds. The first-order chi connectivity index (χ1) is 35.6. The highest BCUT2D eigenvalue weighted by molar-refractivity contribution is 7.46. The van der Waals surface area contributed by atoms with Crippen LogP contribution in [0.2, 0.25) is 0 Å². The van der Waals surface area contributed by atoms with Gasteiger partial charge >= 0.3 is 13.8 Å². The van der Waals surface area contributed by atoms with E-state index in [9.17, 15) is 54.3 Å². The van der Waals surface area contributed by atoms with Gasteiger partial charge in [-0.1, -0.05) is 181 Å². The molecule has 0 bridgehead atoms. The molecule has 12 atom stereocenters. The molecule has 2 saturated heterocycles. The van der Waals surface area contributed by atoms with Crippen molar-refractivity contribution in [3.8, 4) is 0 Å². The first kappa shape index (κ1) is 68.3. The summed E-state index contributed by atoms with van der Waals surface area (Å²) in [6, 6.07) is -2.85. The molecule has 0 radical (unpaired) electrons. The standard InChI is InChI=1S/C54H103N2O17P/c1-5-9-12-15-18-21-24-27-30-33-40(58)36-44(59)55-47-50(63)49(62)43(72-53(47)68-8-4)39-69-54-48(51(64)52(42(38-57)71-54)73-74(65,66)67)56-45(60)37-41(34-31-28-25-22-19-16-13-10-6-2)70-46(61)35-32-29-26-23-20-17-14-11-7-3/h40-43,47-54,57-58,62-64H,5-39H2,1-4H3,(H,55,59)(H,56,60)(H2,65,66,67)/t40-,41-,42?,43?,47?,48?,49?,50?,51?,52?,53?,54?/m1/s1. The first-order valence-electron chi connectivity index (χ1n) is 29.0. The molecular weight excluding hydrogens is 980 g/mol. The van der Waals surface area contributed by atoms with E-state index < -0.39 is 112 Å². The summed E-state index contributed by atoms with van der Waals surface area (Å²) >= 11 is 0. The molecule has 2 heterocycles. The molecule has 0 saturated carbocycles. The number of hydrogen-bond acceptors (Lipinski definition) is 15. The van der Waals surface area contributed by atoms with E-state index in [1.54, 1.807) is 6.92 Å². The second kappa shape index (κ2) is 41.2. The predicted octanol–water partition coefficient (Wildman–Crippen LogP) is 7.83. The highest BCUT2D eigenvalue weighted by Gasteiger charge is 2.51. The summed E-state index contributed by atoms with van der Waals surface area (Å²) in [5, 5.41) is 60.3. The quantitative estimate of drug-likeness (QED) is 0.0159. The summed E-state index contributed by atoms with van der Waals surface area (Å²) in [4.78, 5) is 59.6. The SMILES string of the molecule is CCCCCCCCCCCC(=O)O[C@H](CCCCCCCCCCC)CC(=O)NC1C(OCC2OC(OCC)C(NC(=O)C[C@H](O)CCCCCCCCCCC)C(O)C2O)OC(CO)C(OP(=O)(O)O)C1O. The molecule has 10 unspecified atom stereocenters. The molecule has 0 aromatic carbocycles. The van der Waals surface area contributed by atoms with Crippen molar-refractivity contribution in [1.82, 2.24) is 10.6 Å². The third-order valence-corrected chi connectivity index (χ3v) is 14.6. The van der Waals surface area contributed by atoms with Crippen LogP contribution < -0.4 is 10.6 Å². The van der Waals surface area contributed by atoms with Crippen LogP contribution in [0.25, 0.3) is 0 Å². The van der Waals surface area contributed by atoms with Gasteiger partial charge in [-0.25, -0.2) is 4.57 Å². The Morgan fingerprint density at radius 3 is 1.47 bits per heavy atom. The van der Waals surface area contributed by atoms with Gasteiger partial charge in [-0.3, -0.25) is 18.9 Å². The number of ether oxygens (including phenoxy) is 5. The van der Waals surface area contributed by atoms with Crippen LogP contribution in [0, 0.1) is 0 Å². The van der Waals surface area contributed by atoms with Gasteiger partial charge in [0.15, 0.2) is 12.6 Å². The van der Waals surface area contributed by atoms with Gasteiger partial charge in [0, 0.05) is 13.0 Å². The van der Waals surface area contributed by atoms with Crippen LogP contribution in [0.15, 0.2) is 0 Å². The predicted molar refractivity (Wildman–Crippen MR) is 281 cm³/mol. The second-order valence-corrected chi connectivity index (χ2v) is 22.0. The fraction of sp³-hybridized carbons (Fsp3) is 0.944. The summed E-state index contributed by atoms with van der Waals surface area (Å²) < 4.78 is 46.4. The van der Waals surface area contributed by atoms with Crippen molar-refractivity contribution in [3.63, 3.8) is 0 Å². The van der Waals surface area contributed by atoms with Crippen molar-refractivity contribution in [3.05, 3.63) is 0 Å². The molecule has 0 spiro atoms. The highest BCUT2D eigenvalue weighted by Crippen LogP contribution is 2.41. The topological polar surface area (TPSA) is 289 Å². The molecule has 2 rings (SSSR count). The van der Waals surface area contributed by atoms with Gasteiger partial charge in [0.05, 0.1) is 32.2 Å². The molecule has 0 aliphatic carbocycles. The van der Waals surface area contributed by atoms with Crippen LogP contribution in [-0.4, -0.2) is 146 Å². The van der Waals surface area contributed by atoms with Crippen molar-refractivity contribution in [2.45, 2.75) is 307 Å². The molecule has 20 heteroatoms. The number of carbonyl (C=O) groups excluding carboxylic acids is 3. The Kier molecular flexibility index (Phi) is 38.0. The lowest BCUT2D eigenvalue weighted by molar-refractivity contribution is -0.302. The van der Waals surface area contributed by atoms with Gasteiger partial charge in [0.25, 0.3) is 0 Å². The zero-order valence-corrected chi connectivity index (χ0v) is 46.7. The average molecular weight is 1080 g/mol. The zero-order chi connectivity index (χ0) is 54.6. The number of phosphoric ester groups is 1. The highest BCUT2D eigenvalue weighted by atomic mass is 31.2. The lowest BCUT2D eigenvalue weighted by atomic mass is 9.95. The minimum absolute atomic E-state index is 0.0779. The van der Waals surface area contributed by atoms with E-state index in [2.05, 4.69) is 31.4 Å². The van der Waals surface area contributed by atoms with Crippen molar-refractivity contribution in [2.24, 2.45) is 0 Å². The van der Waals surface area contributed by atoms with Gasteiger partial charge in [-0.15, -0.1) is 0 Å². The van der Waals surface area contributed by atoms with Crippen molar-refractivity contribution < 1.29 is 82.5 Å². The molecule has 74 heavy (non-hydrogen) atoms. The number of hydrogen-bond donors (Lipinski definition) is 9. The third kappa shape index (κ3) is 29.8. The van der Waals surface area contributed by atoms with E-state index in [-0.39, 0.29) is 25.9 Å². The second-order valence-electron chi connectivity index (χ2n) is 20.8. The molecule has 0 aromatic rings. The maximum absolute atomic E-state index is 13.9. The zero-order valence-electron chi connectivity index (χ0n) is 45.8. The van der Waals surface area contributed by atoms with Crippen LogP contribution in [0.1, 0.15) is 233 Å². The Balaban J connectivity index is 2.14. The smallest absolute Gasteiger partial charge is 0.462 e. The number of carbonyl (C=O) groups is 3. The molecule has 2 aliphatic rings. The number of esters is 1. The number of unbranched alkanes of at least 4 members (excludes halogenated alkanes) is 24. The van der Waals surface area contributed by atoms with Crippen LogP contribution in [-0.2, 0) is 47.2 Å². The molecule has 19 nitrogen and oxygen atoms in total. The summed E-state index contributed by atoms with van der Waals surface area (Å²) in [5.41, 5.74) is 0. The van der Waals surface area contributed by atoms with Gasteiger partial charge in [-0.2, -0.15) is 0 Å². The summed E-state index contributed by atoms with van der Waals surface area (Å²) in [7, 11) is -5.30. The number of aliphatic hydroxyl groups is 5. The molecular formula is C54H103N2O17P. The van der Waals surface area contributed by atoms with E-state index >= 15 is 0 Å². The van der Waals surface area contributed by atoms with E-state index in [0.29, 0.717) is 25.7 Å². The average Bonchev–Trinajstić information content (AvgIpc) is 3.35. The van der Waals surface area contributed by atoms with Gasteiger partial charge in [-0.05, 0) is 32.6 Å². The molecule has 436 valence electrons. The van der Waals surface area contributed by atoms with Crippen LogP contribution in [0.4, 0.5) is 0 Å². The number of aliphatic hydroxyl groups excluding tert-OH is 5. The summed E-state index contributed by atoms with van der Waals surface area (Å²) in [5.74, 6) is -1.72. The Morgan fingerprint density at radius 2 is 0.986 bits per heavy atom. The monoisotopic (exact) mass is 1080 g/mol. The maximum Gasteiger partial charge on any atom is 0.470 e. The van der Waals surface area contributed by atoms with Crippen molar-refractivity contribution in [1.29, 1.82) is 0 Å². The first-order valence-corrected chi connectivity index (χ1v) is 30.5. The lowest BCUT2D eigenvalue weighted by Crippen LogP contribution is -2.67. The number of phosphoric acid groups is 1. The van der Waals surface area contributed by atoms with E-state index in [1.165, 1.54) is 89.9 Å². The van der Waals surface area contributed by atoms with Gasteiger partial charge < -0.3 is 69.6 Å². The van der Waals surface area contributed by atoms with Crippen LogP contribution in [0.5, 0.6) is 0 Å². The molecule has 9 N–H and O–H groups in total. The van der Waals surface area contributed by atoms with Crippen LogP contribution in [0.3, 0.4) is 0 Å². The fourth-order valence-electron chi connectivity index (χ4n) is 9.78. The third-order valence-electron chi connectivity index (χ3n) is 14.1. The number of amides is 2. The maximum atomic E-state index is 13.9. The Labute approximate surface area is 443 Å². The van der Waals surface area contributed by atoms with E-state index in [4.69, 9.17) is 28.2 Å². The number of rotatable bonds is 45. The van der Waals surface area contributed by atoms with E-state index in [0.717, 1.165) is 70.6 Å². The molecule has 2 fully saturated rings. The largest absolute Gasteiger partial charge is 0.470 e. The Morgan fingerprint density at radius 1 is 0.554 bits per heavy atom. The summed E-state index contributed by atoms with van der Waals surface area (Å²) in [6.45, 7) is 6.82.